The van der Waals surface area contributed by atoms with Crippen molar-refractivity contribution < 1.29 is 14.6 Å². The molecule has 1 aromatic heterocycles. The largest absolute Gasteiger partial charge is 0.488 e. The van der Waals surface area contributed by atoms with Crippen molar-refractivity contribution >= 4 is 28.6 Å². The Hall–Kier alpha value is -4.09. The van der Waals surface area contributed by atoms with E-state index in [1.807, 2.05) is 44.2 Å². The lowest BCUT2D eigenvalue weighted by Gasteiger charge is -2.13. The fourth-order valence-corrected chi connectivity index (χ4v) is 4.69. The van der Waals surface area contributed by atoms with Gasteiger partial charge < -0.3 is 14.4 Å². The second-order valence-corrected chi connectivity index (χ2v) is 9.20. The number of carboxylic acids is 1. The lowest BCUT2D eigenvalue weighted by Crippen LogP contribution is -2.05. The van der Waals surface area contributed by atoms with Gasteiger partial charge in [0.2, 0.25) is 0 Å². The number of aromatic nitrogens is 2. The molecule has 0 fully saturated rings. The molecule has 180 valence electrons. The Morgan fingerprint density at radius 2 is 1.69 bits per heavy atom. The summed E-state index contributed by atoms with van der Waals surface area (Å²) >= 11 is 6.72. The maximum absolute atomic E-state index is 11.5. The second-order valence-electron chi connectivity index (χ2n) is 8.79. The molecule has 0 aliphatic carbocycles. The first-order valence-corrected chi connectivity index (χ1v) is 12.0. The summed E-state index contributed by atoms with van der Waals surface area (Å²) in [7, 11) is 0. The van der Waals surface area contributed by atoms with Gasteiger partial charge in [-0.2, -0.15) is 0 Å². The van der Waals surface area contributed by atoms with Gasteiger partial charge in [-0.1, -0.05) is 72.3 Å². The summed E-state index contributed by atoms with van der Waals surface area (Å²) in [6.45, 7) is 4.85. The number of carbonyl (C=O) groups is 1. The van der Waals surface area contributed by atoms with Crippen LogP contribution in [-0.2, 0) is 13.2 Å². The highest BCUT2D eigenvalue weighted by molar-refractivity contribution is 6.31. The highest BCUT2D eigenvalue weighted by Crippen LogP contribution is 2.29. The van der Waals surface area contributed by atoms with E-state index in [0.717, 1.165) is 44.7 Å². The van der Waals surface area contributed by atoms with Crippen LogP contribution >= 0.6 is 11.6 Å². The summed E-state index contributed by atoms with van der Waals surface area (Å²) in [6.07, 6.45) is 0. The van der Waals surface area contributed by atoms with Crippen molar-refractivity contribution in [2.45, 2.75) is 27.0 Å². The van der Waals surface area contributed by atoms with E-state index in [1.54, 1.807) is 18.2 Å². The van der Waals surface area contributed by atoms with Crippen molar-refractivity contribution in [2.24, 2.45) is 0 Å². The molecule has 4 aromatic carbocycles. The predicted molar refractivity (Wildman–Crippen MR) is 143 cm³/mol. The normalized spacial score (nSPS) is 11.1. The number of rotatable bonds is 7. The van der Waals surface area contributed by atoms with Crippen LogP contribution in [0.4, 0.5) is 0 Å². The maximum Gasteiger partial charge on any atom is 0.339 e. The SMILES string of the molecule is Cc1cc(COc2ccccc2C(=O)O)cc2c1nc(C)n2Cc1ccc(-c2ccccc2)cc1Cl. The van der Waals surface area contributed by atoms with Gasteiger partial charge in [0.05, 0.1) is 17.6 Å². The molecule has 0 spiro atoms. The molecular weight excluding hydrogens is 472 g/mol. The van der Waals surface area contributed by atoms with E-state index in [9.17, 15) is 9.90 Å². The Labute approximate surface area is 214 Å². The molecular formula is C30H25ClN2O3. The average molecular weight is 497 g/mol. The second kappa shape index (κ2) is 9.88. The van der Waals surface area contributed by atoms with Crippen LogP contribution in [0.1, 0.15) is 32.9 Å². The summed E-state index contributed by atoms with van der Waals surface area (Å²) < 4.78 is 8.05. The third-order valence-electron chi connectivity index (χ3n) is 6.30. The van der Waals surface area contributed by atoms with Crippen LogP contribution in [0, 0.1) is 13.8 Å². The number of nitrogens with zero attached hydrogens (tertiary/aromatic N) is 2. The molecule has 0 unspecified atom stereocenters. The van der Waals surface area contributed by atoms with Crippen molar-refractivity contribution in [3.05, 3.63) is 118 Å². The third kappa shape index (κ3) is 4.70. The van der Waals surface area contributed by atoms with Crippen molar-refractivity contribution in [3.63, 3.8) is 0 Å². The molecule has 0 saturated heterocycles. The van der Waals surface area contributed by atoms with Gasteiger partial charge in [-0.15, -0.1) is 0 Å². The van der Waals surface area contributed by atoms with E-state index in [0.29, 0.717) is 17.3 Å². The molecule has 0 aliphatic heterocycles. The van der Waals surface area contributed by atoms with Gasteiger partial charge in [0, 0.05) is 5.02 Å². The summed E-state index contributed by atoms with van der Waals surface area (Å²) in [5.41, 5.74) is 7.24. The first-order valence-electron chi connectivity index (χ1n) is 11.7. The molecule has 5 nitrogen and oxygen atoms in total. The van der Waals surface area contributed by atoms with Gasteiger partial charge in [-0.05, 0) is 65.9 Å². The Morgan fingerprint density at radius 3 is 2.44 bits per heavy atom. The zero-order valence-corrected chi connectivity index (χ0v) is 20.8. The number of fused-ring (bicyclic) bond motifs is 1. The molecule has 0 saturated carbocycles. The first kappa shape index (κ1) is 23.6. The van der Waals surface area contributed by atoms with E-state index in [4.69, 9.17) is 21.3 Å². The van der Waals surface area contributed by atoms with Gasteiger partial charge in [0.25, 0.3) is 0 Å². The fourth-order valence-electron chi connectivity index (χ4n) is 4.45. The number of benzene rings is 4. The van der Waals surface area contributed by atoms with E-state index in [-0.39, 0.29) is 12.2 Å². The highest BCUT2D eigenvalue weighted by Gasteiger charge is 2.15. The van der Waals surface area contributed by atoms with Crippen molar-refractivity contribution in [2.75, 3.05) is 0 Å². The summed E-state index contributed by atoms with van der Waals surface area (Å²) in [6, 6.07) is 27.1. The molecule has 0 aliphatic rings. The molecule has 5 aromatic rings. The lowest BCUT2D eigenvalue weighted by atomic mass is 10.0. The van der Waals surface area contributed by atoms with E-state index >= 15 is 0 Å². The molecule has 5 rings (SSSR count). The minimum Gasteiger partial charge on any atom is -0.488 e. The number of hydrogen-bond donors (Lipinski definition) is 1. The summed E-state index contributed by atoms with van der Waals surface area (Å²) in [4.78, 5) is 16.3. The number of para-hydroxylation sites is 1. The number of halogens is 1. The molecule has 1 N–H and O–H groups in total. The highest BCUT2D eigenvalue weighted by atomic mass is 35.5. The molecule has 1 heterocycles. The van der Waals surface area contributed by atoms with Crippen molar-refractivity contribution in [3.8, 4) is 16.9 Å². The summed E-state index contributed by atoms with van der Waals surface area (Å²) in [5, 5.41) is 10.1. The van der Waals surface area contributed by atoms with E-state index in [1.165, 1.54) is 6.07 Å². The minimum absolute atomic E-state index is 0.143. The van der Waals surface area contributed by atoms with Gasteiger partial charge in [0.15, 0.2) is 0 Å². The molecule has 0 bridgehead atoms. The van der Waals surface area contributed by atoms with Crippen molar-refractivity contribution in [1.82, 2.24) is 9.55 Å². The van der Waals surface area contributed by atoms with Crippen molar-refractivity contribution in [1.29, 1.82) is 0 Å². The van der Waals surface area contributed by atoms with Crippen LogP contribution in [-0.4, -0.2) is 20.6 Å². The van der Waals surface area contributed by atoms with Crippen LogP contribution in [0.15, 0.2) is 84.9 Å². The lowest BCUT2D eigenvalue weighted by molar-refractivity contribution is 0.0691. The zero-order chi connectivity index (χ0) is 25.2. The predicted octanol–water partition coefficient (Wildman–Crippen LogP) is 7.30. The third-order valence-corrected chi connectivity index (χ3v) is 6.65. The van der Waals surface area contributed by atoms with Crippen LogP contribution < -0.4 is 4.74 Å². The maximum atomic E-state index is 11.5. The monoisotopic (exact) mass is 496 g/mol. The Morgan fingerprint density at radius 1 is 0.944 bits per heavy atom. The number of hydrogen-bond acceptors (Lipinski definition) is 3. The Kier molecular flexibility index (Phi) is 6.49. The van der Waals surface area contributed by atoms with E-state index in [2.05, 4.69) is 34.9 Å². The van der Waals surface area contributed by atoms with Gasteiger partial charge in [-0.25, -0.2) is 9.78 Å². The Balaban J connectivity index is 1.45. The molecule has 0 amide bonds. The number of imidazole rings is 1. The summed E-state index contributed by atoms with van der Waals surface area (Å²) in [5.74, 6) is 0.226. The smallest absolute Gasteiger partial charge is 0.339 e. The zero-order valence-electron chi connectivity index (χ0n) is 20.0. The number of aryl methyl sites for hydroxylation is 2. The van der Waals surface area contributed by atoms with E-state index < -0.39 is 5.97 Å². The minimum atomic E-state index is -1.01. The number of aromatic carboxylic acids is 1. The molecule has 36 heavy (non-hydrogen) atoms. The number of carboxylic acid groups (broad SMARTS) is 1. The van der Waals surface area contributed by atoms with Crippen LogP contribution in [0.2, 0.25) is 5.02 Å². The average Bonchev–Trinajstić information content (AvgIpc) is 3.20. The topological polar surface area (TPSA) is 64.3 Å². The van der Waals surface area contributed by atoms with Crippen LogP contribution in [0.25, 0.3) is 22.2 Å². The van der Waals surface area contributed by atoms with Gasteiger partial charge >= 0.3 is 5.97 Å². The van der Waals surface area contributed by atoms with Gasteiger partial charge in [0.1, 0.15) is 23.7 Å². The quantitative estimate of drug-likeness (QED) is 0.257. The van der Waals surface area contributed by atoms with Crippen LogP contribution in [0.5, 0.6) is 5.75 Å². The number of ether oxygens (including phenoxy) is 1. The molecule has 6 heteroatoms. The van der Waals surface area contributed by atoms with Gasteiger partial charge in [-0.3, -0.25) is 0 Å². The molecule has 0 atom stereocenters. The molecule has 0 radical (unpaired) electrons. The Bertz CT molecular complexity index is 1570. The fraction of sp³-hybridized carbons (Fsp3) is 0.133. The first-order chi connectivity index (χ1) is 17.4. The standard InChI is InChI=1S/C30H25ClN2O3/c1-19-14-21(18-36-28-11-7-6-10-25(28)30(34)35)15-27-29(19)32-20(2)33(27)17-24-13-12-23(16-26(24)31)22-8-4-3-5-9-22/h3-16H,17-18H2,1-2H3,(H,34,35). The van der Waals surface area contributed by atoms with Crippen LogP contribution in [0.3, 0.4) is 0 Å².